The van der Waals surface area contributed by atoms with Gasteiger partial charge in [0, 0.05) is 18.2 Å². The third kappa shape index (κ3) is 3.82. The third-order valence-electron chi connectivity index (χ3n) is 4.89. The highest BCUT2D eigenvalue weighted by atomic mass is 16.6. The summed E-state index contributed by atoms with van der Waals surface area (Å²) in [5.74, 6) is 0.674. The van der Waals surface area contributed by atoms with E-state index in [-0.39, 0.29) is 10.6 Å². The number of nitro groups is 1. The monoisotopic (exact) mass is 290 g/mol. The average molecular weight is 290 g/mol. The number of hydrogen-bond acceptors (Lipinski definition) is 3. The lowest BCUT2D eigenvalue weighted by molar-refractivity contribution is -0.384. The van der Waals surface area contributed by atoms with Crippen LogP contribution in [-0.4, -0.2) is 17.5 Å². The van der Waals surface area contributed by atoms with Crippen LogP contribution >= 0.6 is 0 Å². The molecule has 4 heteroatoms. The first-order chi connectivity index (χ1) is 9.94. The zero-order chi connectivity index (χ0) is 15.5. The maximum atomic E-state index is 10.7. The summed E-state index contributed by atoms with van der Waals surface area (Å²) < 4.78 is 0. The Hall–Kier alpha value is -1.42. The predicted molar refractivity (Wildman–Crippen MR) is 85.4 cm³/mol. The van der Waals surface area contributed by atoms with Crippen LogP contribution in [0.4, 0.5) is 5.69 Å². The maximum Gasteiger partial charge on any atom is 0.269 e. The molecule has 1 fully saturated rings. The summed E-state index contributed by atoms with van der Waals surface area (Å²) >= 11 is 0. The quantitative estimate of drug-likeness (QED) is 0.637. The van der Waals surface area contributed by atoms with E-state index in [4.69, 9.17) is 0 Å². The van der Waals surface area contributed by atoms with Crippen LogP contribution in [0.25, 0.3) is 0 Å². The molecule has 0 aromatic heterocycles. The van der Waals surface area contributed by atoms with Gasteiger partial charge in [0.2, 0.25) is 0 Å². The highest BCUT2D eigenvalue weighted by molar-refractivity contribution is 5.33. The zero-order valence-corrected chi connectivity index (χ0v) is 13.3. The summed E-state index contributed by atoms with van der Waals surface area (Å²) in [7, 11) is 0. The highest BCUT2D eigenvalue weighted by Gasteiger charge is 2.39. The standard InChI is InChI=1S/C17H26N2O2/c1-4-18-16(15-6-5-11-17(15,2)3)12-13-7-9-14(10-8-13)19(20)21/h7-10,15-16,18H,4-6,11-12H2,1-3H3. The van der Waals surface area contributed by atoms with Crippen LogP contribution < -0.4 is 5.32 Å². The van der Waals surface area contributed by atoms with Crippen molar-refractivity contribution in [2.24, 2.45) is 11.3 Å². The van der Waals surface area contributed by atoms with E-state index in [1.165, 1.54) is 24.8 Å². The number of non-ortho nitro benzene ring substituents is 1. The fourth-order valence-electron chi connectivity index (χ4n) is 3.73. The molecule has 0 radical (unpaired) electrons. The fourth-order valence-corrected chi connectivity index (χ4v) is 3.73. The molecule has 1 N–H and O–H groups in total. The molecular formula is C17H26N2O2. The van der Waals surface area contributed by atoms with E-state index in [1.54, 1.807) is 12.1 Å². The first-order valence-corrected chi connectivity index (χ1v) is 7.91. The van der Waals surface area contributed by atoms with Crippen molar-refractivity contribution >= 4 is 5.69 Å². The molecule has 2 unspecified atom stereocenters. The Bertz CT molecular complexity index is 482. The van der Waals surface area contributed by atoms with E-state index in [0.29, 0.717) is 17.4 Å². The number of rotatable bonds is 6. The van der Waals surface area contributed by atoms with Crippen molar-refractivity contribution in [3.8, 4) is 0 Å². The minimum absolute atomic E-state index is 0.167. The molecule has 1 saturated carbocycles. The second-order valence-electron chi connectivity index (χ2n) is 6.78. The predicted octanol–water partition coefficient (Wildman–Crippen LogP) is 3.94. The van der Waals surface area contributed by atoms with Crippen LogP contribution in [0.15, 0.2) is 24.3 Å². The van der Waals surface area contributed by atoms with Crippen molar-refractivity contribution in [1.29, 1.82) is 0 Å². The van der Waals surface area contributed by atoms with Crippen molar-refractivity contribution in [2.45, 2.75) is 52.5 Å². The second kappa shape index (κ2) is 6.56. The van der Waals surface area contributed by atoms with Gasteiger partial charge in [-0.05, 0) is 42.7 Å². The molecule has 0 spiro atoms. The number of nitro benzene ring substituents is 1. The molecule has 0 aliphatic heterocycles. The molecule has 1 aromatic carbocycles. The second-order valence-corrected chi connectivity index (χ2v) is 6.78. The Kier molecular flexibility index (Phi) is 4.99. The lowest BCUT2D eigenvalue weighted by atomic mass is 9.76. The van der Waals surface area contributed by atoms with E-state index in [1.807, 2.05) is 12.1 Å². The lowest BCUT2D eigenvalue weighted by Gasteiger charge is -2.35. The Labute approximate surface area is 127 Å². The van der Waals surface area contributed by atoms with Gasteiger partial charge >= 0.3 is 0 Å². The smallest absolute Gasteiger partial charge is 0.269 e. The summed E-state index contributed by atoms with van der Waals surface area (Å²) in [5.41, 5.74) is 1.72. The summed E-state index contributed by atoms with van der Waals surface area (Å²) in [6, 6.07) is 7.46. The van der Waals surface area contributed by atoms with Gasteiger partial charge in [-0.1, -0.05) is 39.3 Å². The van der Waals surface area contributed by atoms with Crippen LogP contribution in [0, 0.1) is 21.4 Å². The zero-order valence-electron chi connectivity index (χ0n) is 13.3. The van der Waals surface area contributed by atoms with Gasteiger partial charge in [0.25, 0.3) is 5.69 Å². The van der Waals surface area contributed by atoms with Crippen LogP contribution in [0.3, 0.4) is 0 Å². The molecule has 1 aliphatic carbocycles. The average Bonchev–Trinajstić information content (AvgIpc) is 2.78. The Morgan fingerprint density at radius 1 is 1.38 bits per heavy atom. The van der Waals surface area contributed by atoms with Crippen LogP contribution in [0.5, 0.6) is 0 Å². The fraction of sp³-hybridized carbons (Fsp3) is 0.647. The van der Waals surface area contributed by atoms with Gasteiger partial charge in [-0.25, -0.2) is 0 Å². The van der Waals surface area contributed by atoms with Crippen LogP contribution in [-0.2, 0) is 6.42 Å². The van der Waals surface area contributed by atoms with Gasteiger partial charge in [-0.15, -0.1) is 0 Å². The largest absolute Gasteiger partial charge is 0.314 e. The summed E-state index contributed by atoms with van der Waals surface area (Å²) in [5, 5.41) is 14.4. The number of nitrogens with zero attached hydrogens (tertiary/aromatic N) is 1. The summed E-state index contributed by atoms with van der Waals surface area (Å²) in [6.07, 6.45) is 4.82. The molecule has 116 valence electrons. The molecule has 1 aromatic rings. The first-order valence-electron chi connectivity index (χ1n) is 7.91. The van der Waals surface area contributed by atoms with E-state index < -0.39 is 0 Å². The molecule has 0 heterocycles. The van der Waals surface area contributed by atoms with E-state index in [0.717, 1.165) is 13.0 Å². The molecule has 0 bridgehead atoms. The van der Waals surface area contributed by atoms with Gasteiger partial charge in [0.1, 0.15) is 0 Å². The number of nitrogens with one attached hydrogen (secondary N) is 1. The number of benzene rings is 1. The van der Waals surface area contributed by atoms with Crippen molar-refractivity contribution in [2.75, 3.05) is 6.54 Å². The molecule has 0 saturated heterocycles. The molecule has 1 aliphatic rings. The molecule has 2 rings (SSSR count). The van der Waals surface area contributed by atoms with Crippen molar-refractivity contribution in [3.63, 3.8) is 0 Å². The van der Waals surface area contributed by atoms with Gasteiger partial charge < -0.3 is 5.32 Å². The van der Waals surface area contributed by atoms with Crippen LogP contribution in [0.2, 0.25) is 0 Å². The first kappa shape index (κ1) is 16.0. The van der Waals surface area contributed by atoms with Gasteiger partial charge in [-0.3, -0.25) is 10.1 Å². The van der Waals surface area contributed by atoms with Crippen molar-refractivity contribution < 1.29 is 4.92 Å². The van der Waals surface area contributed by atoms with E-state index in [9.17, 15) is 10.1 Å². The van der Waals surface area contributed by atoms with Gasteiger partial charge in [0.15, 0.2) is 0 Å². The van der Waals surface area contributed by atoms with E-state index >= 15 is 0 Å². The number of hydrogen-bond donors (Lipinski definition) is 1. The van der Waals surface area contributed by atoms with Crippen molar-refractivity contribution in [3.05, 3.63) is 39.9 Å². The summed E-state index contributed by atoms with van der Waals surface area (Å²) in [4.78, 5) is 10.4. The third-order valence-corrected chi connectivity index (χ3v) is 4.89. The van der Waals surface area contributed by atoms with Crippen molar-refractivity contribution in [1.82, 2.24) is 5.32 Å². The molecule has 21 heavy (non-hydrogen) atoms. The minimum Gasteiger partial charge on any atom is -0.314 e. The van der Waals surface area contributed by atoms with Gasteiger partial charge in [0.05, 0.1) is 4.92 Å². The maximum absolute atomic E-state index is 10.7. The SMILES string of the molecule is CCNC(Cc1ccc([N+](=O)[O-])cc1)C1CCCC1(C)C. The van der Waals surface area contributed by atoms with E-state index in [2.05, 4.69) is 26.1 Å². The molecular weight excluding hydrogens is 264 g/mol. The normalized spacial score (nSPS) is 22.1. The topological polar surface area (TPSA) is 55.2 Å². The highest BCUT2D eigenvalue weighted by Crippen LogP contribution is 2.44. The Morgan fingerprint density at radius 3 is 2.52 bits per heavy atom. The van der Waals surface area contributed by atoms with Crippen LogP contribution in [0.1, 0.15) is 45.6 Å². The number of likely N-dealkylation sites (N-methyl/N-ethyl adjacent to an activating group) is 1. The molecule has 4 nitrogen and oxygen atoms in total. The minimum atomic E-state index is -0.342. The Morgan fingerprint density at radius 2 is 2.05 bits per heavy atom. The molecule has 2 atom stereocenters. The summed E-state index contributed by atoms with van der Waals surface area (Å²) in [6.45, 7) is 7.84. The Balaban J connectivity index is 2.10. The lowest BCUT2D eigenvalue weighted by Crippen LogP contribution is -2.42. The molecule has 0 amide bonds. The van der Waals surface area contributed by atoms with Gasteiger partial charge in [-0.2, -0.15) is 0 Å².